The lowest BCUT2D eigenvalue weighted by atomic mass is 10.3. The Morgan fingerprint density at radius 1 is 1.47 bits per heavy atom. The lowest BCUT2D eigenvalue weighted by molar-refractivity contribution is 0.351. The third kappa shape index (κ3) is 3.03. The SMILES string of the molecule is CC(NS(=O)(=O)N1CCNCC1)c1ncc[nH]1. The number of H-pyrrole nitrogens is 1. The van der Waals surface area contributed by atoms with Gasteiger partial charge in [-0.25, -0.2) is 4.98 Å². The molecule has 1 aromatic rings. The fourth-order valence-corrected chi connectivity index (χ4v) is 3.12. The molecule has 96 valence electrons. The smallest absolute Gasteiger partial charge is 0.280 e. The van der Waals surface area contributed by atoms with Crippen LogP contribution in [0.3, 0.4) is 0 Å². The second kappa shape index (κ2) is 5.13. The molecule has 1 saturated heterocycles. The van der Waals surface area contributed by atoms with E-state index in [0.29, 0.717) is 32.0 Å². The van der Waals surface area contributed by atoms with Crippen LogP contribution in [0.25, 0.3) is 0 Å². The molecule has 0 radical (unpaired) electrons. The first-order valence-electron chi connectivity index (χ1n) is 5.57. The van der Waals surface area contributed by atoms with Gasteiger partial charge in [0.25, 0.3) is 10.2 Å². The molecule has 0 aliphatic carbocycles. The Balaban J connectivity index is 2.01. The Morgan fingerprint density at radius 3 is 2.76 bits per heavy atom. The van der Waals surface area contributed by atoms with Crippen LogP contribution >= 0.6 is 0 Å². The van der Waals surface area contributed by atoms with Crippen molar-refractivity contribution in [3.63, 3.8) is 0 Å². The van der Waals surface area contributed by atoms with E-state index < -0.39 is 10.2 Å². The Bertz CT molecular complexity index is 438. The third-order valence-electron chi connectivity index (χ3n) is 2.67. The molecule has 7 nitrogen and oxygen atoms in total. The zero-order valence-corrected chi connectivity index (χ0v) is 10.5. The van der Waals surface area contributed by atoms with Gasteiger partial charge in [-0.15, -0.1) is 0 Å². The first-order chi connectivity index (χ1) is 8.09. The normalized spacial score (nSPS) is 20.3. The minimum Gasteiger partial charge on any atom is -0.347 e. The van der Waals surface area contributed by atoms with Crippen LogP contribution in [0.5, 0.6) is 0 Å². The highest BCUT2D eigenvalue weighted by molar-refractivity contribution is 7.87. The van der Waals surface area contributed by atoms with Gasteiger partial charge in [0.1, 0.15) is 5.82 Å². The summed E-state index contributed by atoms with van der Waals surface area (Å²) >= 11 is 0. The van der Waals surface area contributed by atoms with Crippen molar-refractivity contribution in [3.05, 3.63) is 18.2 Å². The quantitative estimate of drug-likeness (QED) is 0.661. The number of nitrogens with one attached hydrogen (secondary N) is 3. The summed E-state index contributed by atoms with van der Waals surface area (Å²) in [4.78, 5) is 6.93. The second-order valence-electron chi connectivity index (χ2n) is 3.97. The molecule has 2 rings (SSSR count). The average Bonchev–Trinajstić information content (AvgIpc) is 2.83. The van der Waals surface area contributed by atoms with Gasteiger partial charge in [0.2, 0.25) is 0 Å². The van der Waals surface area contributed by atoms with Crippen molar-refractivity contribution in [2.75, 3.05) is 26.2 Å². The first-order valence-corrected chi connectivity index (χ1v) is 7.01. The van der Waals surface area contributed by atoms with Gasteiger partial charge in [-0.2, -0.15) is 17.4 Å². The minimum atomic E-state index is -3.43. The minimum absolute atomic E-state index is 0.357. The molecule has 0 spiro atoms. The highest BCUT2D eigenvalue weighted by Gasteiger charge is 2.26. The molecule has 0 saturated carbocycles. The van der Waals surface area contributed by atoms with Crippen molar-refractivity contribution in [3.8, 4) is 0 Å². The molecule has 1 aliphatic heterocycles. The molecule has 0 aromatic carbocycles. The molecule has 8 heteroatoms. The topological polar surface area (TPSA) is 90.1 Å². The molecule has 1 unspecified atom stereocenters. The van der Waals surface area contributed by atoms with Gasteiger partial charge in [0, 0.05) is 38.6 Å². The molecule has 17 heavy (non-hydrogen) atoms. The van der Waals surface area contributed by atoms with E-state index in [2.05, 4.69) is 20.0 Å². The van der Waals surface area contributed by atoms with E-state index in [1.807, 2.05) is 0 Å². The average molecular weight is 259 g/mol. The summed E-state index contributed by atoms with van der Waals surface area (Å²) in [5, 5.41) is 3.12. The number of hydrogen-bond donors (Lipinski definition) is 3. The van der Waals surface area contributed by atoms with Crippen molar-refractivity contribution in [2.45, 2.75) is 13.0 Å². The summed E-state index contributed by atoms with van der Waals surface area (Å²) in [5.74, 6) is 0.615. The summed E-state index contributed by atoms with van der Waals surface area (Å²) in [6.45, 7) is 4.14. The number of aromatic nitrogens is 2. The van der Waals surface area contributed by atoms with Crippen molar-refractivity contribution >= 4 is 10.2 Å². The zero-order valence-electron chi connectivity index (χ0n) is 9.68. The van der Waals surface area contributed by atoms with Crippen LogP contribution in [-0.4, -0.2) is 48.9 Å². The van der Waals surface area contributed by atoms with Gasteiger partial charge in [-0.05, 0) is 6.92 Å². The fraction of sp³-hybridized carbons (Fsp3) is 0.667. The van der Waals surface area contributed by atoms with E-state index >= 15 is 0 Å². The van der Waals surface area contributed by atoms with Crippen LogP contribution in [0.4, 0.5) is 0 Å². The highest BCUT2D eigenvalue weighted by atomic mass is 32.2. The molecule has 1 fully saturated rings. The molecule has 1 atom stereocenters. The van der Waals surface area contributed by atoms with Gasteiger partial charge >= 0.3 is 0 Å². The number of imidazole rings is 1. The molecular formula is C9H17N5O2S. The van der Waals surface area contributed by atoms with Gasteiger partial charge < -0.3 is 10.3 Å². The lowest BCUT2D eigenvalue weighted by Crippen LogP contribution is -2.50. The van der Waals surface area contributed by atoms with Gasteiger partial charge in [-0.3, -0.25) is 0 Å². The molecule has 3 N–H and O–H groups in total. The highest BCUT2D eigenvalue weighted by Crippen LogP contribution is 2.10. The summed E-state index contributed by atoms with van der Waals surface area (Å²) in [6, 6.07) is -0.357. The molecule has 0 amide bonds. The van der Waals surface area contributed by atoms with E-state index in [1.165, 1.54) is 4.31 Å². The standard InChI is InChI=1S/C9H17N5O2S/c1-8(9-11-2-3-12-9)13-17(15,16)14-6-4-10-5-7-14/h2-3,8,10,13H,4-7H2,1H3,(H,11,12). The van der Waals surface area contributed by atoms with Gasteiger partial charge in [0.05, 0.1) is 6.04 Å². The largest absolute Gasteiger partial charge is 0.347 e. The van der Waals surface area contributed by atoms with E-state index in [-0.39, 0.29) is 6.04 Å². The van der Waals surface area contributed by atoms with E-state index in [1.54, 1.807) is 19.3 Å². The monoisotopic (exact) mass is 259 g/mol. The van der Waals surface area contributed by atoms with Crippen molar-refractivity contribution in [2.24, 2.45) is 0 Å². The molecular weight excluding hydrogens is 242 g/mol. The predicted octanol–water partition coefficient (Wildman–Crippen LogP) is -0.790. The van der Waals surface area contributed by atoms with Crippen LogP contribution in [0.1, 0.15) is 18.8 Å². The summed E-state index contributed by atoms with van der Waals surface area (Å²) in [6.07, 6.45) is 3.27. The molecule has 1 aromatic heterocycles. The van der Waals surface area contributed by atoms with E-state index in [0.717, 1.165) is 0 Å². The van der Waals surface area contributed by atoms with Crippen molar-refractivity contribution in [1.82, 2.24) is 24.3 Å². The van der Waals surface area contributed by atoms with E-state index in [9.17, 15) is 8.42 Å². The second-order valence-corrected chi connectivity index (χ2v) is 5.67. The van der Waals surface area contributed by atoms with Crippen LogP contribution in [0, 0.1) is 0 Å². The Labute approximate surface area is 101 Å². The van der Waals surface area contributed by atoms with Crippen molar-refractivity contribution in [1.29, 1.82) is 0 Å². The number of aromatic amines is 1. The number of rotatable bonds is 4. The summed E-state index contributed by atoms with van der Waals surface area (Å²) < 4.78 is 28.1. The molecule has 0 bridgehead atoms. The van der Waals surface area contributed by atoms with Crippen LogP contribution in [0.15, 0.2) is 12.4 Å². The zero-order chi connectivity index (χ0) is 12.3. The lowest BCUT2D eigenvalue weighted by Gasteiger charge is -2.27. The number of hydrogen-bond acceptors (Lipinski definition) is 4. The Morgan fingerprint density at radius 2 is 2.18 bits per heavy atom. The summed E-state index contributed by atoms with van der Waals surface area (Å²) in [7, 11) is -3.43. The Hall–Kier alpha value is -0.960. The van der Waals surface area contributed by atoms with Crippen LogP contribution in [-0.2, 0) is 10.2 Å². The Kier molecular flexibility index (Phi) is 3.77. The molecule has 2 heterocycles. The maximum Gasteiger partial charge on any atom is 0.280 e. The van der Waals surface area contributed by atoms with Gasteiger partial charge in [0.15, 0.2) is 0 Å². The van der Waals surface area contributed by atoms with Crippen molar-refractivity contribution < 1.29 is 8.42 Å². The van der Waals surface area contributed by atoms with Crippen LogP contribution < -0.4 is 10.0 Å². The predicted molar refractivity (Wildman–Crippen MR) is 63.5 cm³/mol. The fourth-order valence-electron chi connectivity index (χ4n) is 1.75. The molecule has 1 aliphatic rings. The maximum atomic E-state index is 12.0. The maximum absolute atomic E-state index is 12.0. The first kappa shape index (κ1) is 12.5. The third-order valence-corrected chi connectivity index (χ3v) is 4.37. The number of nitrogens with zero attached hydrogens (tertiary/aromatic N) is 2. The van der Waals surface area contributed by atoms with Gasteiger partial charge in [-0.1, -0.05) is 0 Å². The van der Waals surface area contributed by atoms with Crippen LogP contribution in [0.2, 0.25) is 0 Å². The number of piperazine rings is 1. The van der Waals surface area contributed by atoms with E-state index in [4.69, 9.17) is 0 Å². The summed E-state index contributed by atoms with van der Waals surface area (Å²) in [5.41, 5.74) is 0.